The molecule has 0 aliphatic carbocycles. The molecule has 0 aromatic rings. The Hall–Kier alpha value is -2.00. The zero-order valence-electron chi connectivity index (χ0n) is 19.0. The number of hydrogen-bond donors (Lipinski definition) is 1. The molecule has 0 aromatic heterocycles. The molecule has 1 saturated heterocycles. The highest BCUT2D eigenvalue weighted by Gasteiger charge is 2.29. The molecule has 1 aliphatic rings. The van der Waals surface area contributed by atoms with Gasteiger partial charge in [-0.25, -0.2) is 0 Å². The minimum atomic E-state index is -0.904. The molecule has 31 heavy (non-hydrogen) atoms. The Bertz CT molecular complexity index is 574. The molecule has 0 atom stereocenters. The lowest BCUT2D eigenvalue weighted by Crippen LogP contribution is -2.49. The van der Waals surface area contributed by atoms with Crippen LogP contribution >= 0.6 is 0 Å². The molecule has 2 amide bonds. The van der Waals surface area contributed by atoms with E-state index in [0.717, 1.165) is 25.7 Å². The third-order valence-electron chi connectivity index (χ3n) is 5.32. The van der Waals surface area contributed by atoms with Gasteiger partial charge >= 0.3 is 5.97 Å². The second-order valence-corrected chi connectivity index (χ2v) is 7.87. The number of carbonyl (C=O) groups is 4. The molecule has 1 N–H and O–H groups in total. The van der Waals surface area contributed by atoms with Crippen molar-refractivity contribution in [2.24, 2.45) is 0 Å². The van der Waals surface area contributed by atoms with E-state index in [0.29, 0.717) is 45.9 Å². The molecule has 1 rings (SSSR count). The lowest BCUT2D eigenvalue weighted by molar-refractivity contribution is -0.139. The quantitative estimate of drug-likeness (QED) is 0.363. The van der Waals surface area contributed by atoms with Crippen LogP contribution in [-0.4, -0.2) is 90.6 Å². The van der Waals surface area contributed by atoms with Crippen molar-refractivity contribution in [1.29, 1.82) is 0 Å². The summed E-state index contributed by atoms with van der Waals surface area (Å²) in [5.41, 5.74) is 0. The van der Waals surface area contributed by atoms with Crippen LogP contribution in [0.2, 0.25) is 0 Å². The van der Waals surface area contributed by atoms with Crippen molar-refractivity contribution >= 4 is 23.6 Å². The molecule has 178 valence electrons. The maximum Gasteiger partial charge on any atom is 0.305 e. The lowest BCUT2D eigenvalue weighted by Gasteiger charge is -2.38. The van der Waals surface area contributed by atoms with Gasteiger partial charge in [0.15, 0.2) is 0 Å². The van der Waals surface area contributed by atoms with Crippen molar-refractivity contribution in [2.75, 3.05) is 46.1 Å². The molecule has 0 aromatic carbocycles. The average molecular weight is 443 g/mol. The van der Waals surface area contributed by atoms with E-state index in [1.54, 1.807) is 4.90 Å². The zero-order valence-corrected chi connectivity index (χ0v) is 19.0. The van der Waals surface area contributed by atoms with Crippen molar-refractivity contribution in [1.82, 2.24) is 9.80 Å². The molecule has 1 heterocycles. The fraction of sp³-hybridized carbons (Fsp3) is 0.818. The van der Waals surface area contributed by atoms with Crippen molar-refractivity contribution in [3.8, 4) is 0 Å². The smallest absolute Gasteiger partial charge is 0.305 e. The normalized spacial score (nSPS) is 14.5. The third-order valence-corrected chi connectivity index (χ3v) is 5.32. The van der Waals surface area contributed by atoms with Crippen LogP contribution in [0.4, 0.5) is 0 Å². The summed E-state index contributed by atoms with van der Waals surface area (Å²) in [7, 11) is 0. The Kier molecular flexibility index (Phi) is 13.7. The van der Waals surface area contributed by atoms with Crippen LogP contribution in [0.5, 0.6) is 0 Å². The summed E-state index contributed by atoms with van der Waals surface area (Å²) in [6, 6.07) is 0.0325. The predicted octanol–water partition coefficient (Wildman–Crippen LogP) is 1.87. The zero-order chi connectivity index (χ0) is 23.1. The van der Waals surface area contributed by atoms with Crippen LogP contribution in [0.15, 0.2) is 0 Å². The highest BCUT2D eigenvalue weighted by Crippen LogP contribution is 2.19. The number of amides is 2. The van der Waals surface area contributed by atoms with Gasteiger partial charge in [0.1, 0.15) is 5.78 Å². The summed E-state index contributed by atoms with van der Waals surface area (Å²) in [5, 5.41) is 8.56. The topological polar surface area (TPSA) is 113 Å². The third kappa shape index (κ3) is 11.8. The fourth-order valence-corrected chi connectivity index (χ4v) is 3.49. The van der Waals surface area contributed by atoms with E-state index < -0.39 is 5.97 Å². The summed E-state index contributed by atoms with van der Waals surface area (Å²) in [6.07, 6.45) is 4.27. The van der Waals surface area contributed by atoms with Crippen LogP contribution in [-0.2, 0) is 28.7 Å². The van der Waals surface area contributed by atoms with Gasteiger partial charge in [0.2, 0.25) is 11.8 Å². The van der Waals surface area contributed by atoms with Gasteiger partial charge in [0, 0.05) is 44.9 Å². The van der Waals surface area contributed by atoms with Crippen molar-refractivity contribution in [3.63, 3.8) is 0 Å². The first-order chi connectivity index (χ1) is 14.8. The number of carboxylic acid groups (broad SMARTS) is 1. The van der Waals surface area contributed by atoms with Crippen molar-refractivity contribution in [3.05, 3.63) is 0 Å². The van der Waals surface area contributed by atoms with E-state index in [9.17, 15) is 19.2 Å². The number of unbranched alkanes of at least 4 members (excludes halogenated alkanes) is 1. The molecule has 0 bridgehead atoms. The molecule has 1 fully saturated rings. The first-order valence-corrected chi connectivity index (χ1v) is 11.3. The largest absolute Gasteiger partial charge is 0.481 e. The number of carbonyl (C=O) groups excluding carboxylic acids is 3. The van der Waals surface area contributed by atoms with Crippen LogP contribution in [0.1, 0.15) is 65.2 Å². The van der Waals surface area contributed by atoms with Crippen LogP contribution < -0.4 is 0 Å². The first-order valence-electron chi connectivity index (χ1n) is 11.3. The van der Waals surface area contributed by atoms with Gasteiger partial charge in [-0.2, -0.15) is 0 Å². The number of nitrogens with zero attached hydrogens (tertiary/aromatic N) is 2. The molecule has 0 unspecified atom stereocenters. The van der Waals surface area contributed by atoms with Gasteiger partial charge in [-0.3, -0.25) is 14.4 Å². The number of Topliss-reactive ketones (excluding diaryl/α,β-unsaturated/α-hetero) is 1. The fourth-order valence-electron chi connectivity index (χ4n) is 3.49. The summed E-state index contributed by atoms with van der Waals surface area (Å²) in [5.74, 6) is -0.800. The van der Waals surface area contributed by atoms with Gasteiger partial charge < -0.3 is 29.2 Å². The molecular weight excluding hydrogens is 404 g/mol. The van der Waals surface area contributed by atoms with Gasteiger partial charge in [0.25, 0.3) is 0 Å². The summed E-state index contributed by atoms with van der Waals surface area (Å²) in [4.78, 5) is 50.4. The van der Waals surface area contributed by atoms with E-state index in [1.807, 2.05) is 4.90 Å². The number of carboxylic acids is 1. The number of ketones is 1. The van der Waals surface area contributed by atoms with Gasteiger partial charge in [0.05, 0.1) is 32.8 Å². The Labute approximate surface area is 185 Å². The Morgan fingerprint density at radius 3 is 2.16 bits per heavy atom. The van der Waals surface area contributed by atoms with Gasteiger partial charge in [-0.15, -0.1) is 0 Å². The van der Waals surface area contributed by atoms with E-state index in [-0.39, 0.29) is 49.5 Å². The summed E-state index contributed by atoms with van der Waals surface area (Å²) < 4.78 is 10.7. The monoisotopic (exact) mass is 442 g/mol. The Morgan fingerprint density at radius 2 is 1.58 bits per heavy atom. The highest BCUT2D eigenvalue weighted by molar-refractivity contribution is 5.83. The molecular formula is C22H38N2O7. The summed E-state index contributed by atoms with van der Waals surface area (Å²) >= 11 is 0. The molecule has 0 spiro atoms. The van der Waals surface area contributed by atoms with E-state index in [1.165, 1.54) is 6.92 Å². The number of hydrogen-bond acceptors (Lipinski definition) is 6. The first kappa shape index (κ1) is 27.0. The Morgan fingerprint density at radius 1 is 0.935 bits per heavy atom. The standard InChI is InChI=1S/C22H38N2O7/c1-3-4-5-20(26)23-11-8-19(9-12-23)24(21(27)7-6-18(2)25)13-15-31-17-16-30-14-10-22(28)29/h19H,3-17H2,1-2H3,(H,28,29). The second-order valence-electron chi connectivity index (χ2n) is 7.87. The lowest BCUT2D eigenvalue weighted by atomic mass is 10.0. The van der Waals surface area contributed by atoms with Crippen molar-refractivity contribution in [2.45, 2.75) is 71.3 Å². The maximum absolute atomic E-state index is 12.7. The van der Waals surface area contributed by atoms with Crippen LogP contribution in [0.3, 0.4) is 0 Å². The van der Waals surface area contributed by atoms with E-state index in [4.69, 9.17) is 14.6 Å². The number of rotatable bonds is 16. The van der Waals surface area contributed by atoms with E-state index in [2.05, 4.69) is 6.92 Å². The predicted molar refractivity (Wildman–Crippen MR) is 115 cm³/mol. The Balaban J connectivity index is 2.46. The summed E-state index contributed by atoms with van der Waals surface area (Å²) in [6.45, 7) is 6.33. The average Bonchev–Trinajstić information content (AvgIpc) is 2.74. The number of ether oxygens (including phenoxy) is 2. The molecule has 9 heteroatoms. The van der Waals surface area contributed by atoms with E-state index >= 15 is 0 Å². The van der Waals surface area contributed by atoms with Crippen LogP contribution in [0.25, 0.3) is 0 Å². The molecule has 0 radical (unpaired) electrons. The highest BCUT2D eigenvalue weighted by atomic mass is 16.5. The van der Waals surface area contributed by atoms with Gasteiger partial charge in [-0.1, -0.05) is 13.3 Å². The minimum absolute atomic E-state index is 0.0144. The number of aliphatic carboxylic acids is 1. The number of likely N-dealkylation sites (tertiary alicyclic amines) is 1. The molecule has 0 saturated carbocycles. The second kappa shape index (κ2) is 15.8. The van der Waals surface area contributed by atoms with Crippen LogP contribution in [0, 0.1) is 0 Å². The molecule has 1 aliphatic heterocycles. The molecule has 9 nitrogen and oxygen atoms in total. The SMILES string of the molecule is CCCCC(=O)N1CCC(N(CCOCCOCCC(=O)O)C(=O)CCC(C)=O)CC1. The minimum Gasteiger partial charge on any atom is -0.481 e. The van der Waals surface area contributed by atoms with Gasteiger partial charge in [-0.05, 0) is 26.2 Å². The van der Waals surface area contributed by atoms with Crippen molar-refractivity contribution < 1.29 is 33.8 Å². The number of piperidine rings is 1. The maximum atomic E-state index is 12.7.